The molecule has 1 unspecified atom stereocenters. The van der Waals surface area contributed by atoms with Crippen LogP contribution in [0.3, 0.4) is 0 Å². The lowest BCUT2D eigenvalue weighted by molar-refractivity contribution is 0.171. The Labute approximate surface area is 132 Å². The van der Waals surface area contributed by atoms with E-state index in [2.05, 4.69) is 5.32 Å². The molecule has 4 nitrogen and oxygen atoms in total. The number of unbranched alkanes of at least 4 members (excludes halogenated alkanes) is 1. The van der Waals surface area contributed by atoms with Gasteiger partial charge in [-0.15, -0.1) is 11.8 Å². The maximum absolute atomic E-state index is 11.4. The van der Waals surface area contributed by atoms with Gasteiger partial charge in [-0.05, 0) is 56.8 Å². The second-order valence-corrected chi connectivity index (χ2v) is 8.70. The van der Waals surface area contributed by atoms with Crippen LogP contribution in [-0.2, 0) is 9.84 Å². The van der Waals surface area contributed by atoms with Crippen LogP contribution in [0.2, 0.25) is 0 Å². The lowest BCUT2D eigenvalue weighted by Gasteiger charge is -2.26. The van der Waals surface area contributed by atoms with Gasteiger partial charge >= 0.3 is 0 Å². The molecule has 0 radical (unpaired) electrons. The molecule has 2 N–H and O–H groups in total. The average Bonchev–Trinajstić information content (AvgIpc) is 2.46. The predicted octanol–water partition coefficient (Wildman–Crippen LogP) is 2.32. The van der Waals surface area contributed by atoms with E-state index in [9.17, 15) is 13.5 Å². The molecule has 120 valence electrons. The van der Waals surface area contributed by atoms with Gasteiger partial charge in [-0.3, -0.25) is 0 Å². The Bertz CT molecular complexity index is 522. The summed E-state index contributed by atoms with van der Waals surface area (Å²) in [6, 6.07) is 7.02. The summed E-state index contributed by atoms with van der Waals surface area (Å²) < 4.78 is 22.7. The molecular formula is C15H25NO3S2. The first-order valence-corrected chi connectivity index (χ1v) is 9.91. The largest absolute Gasteiger partial charge is 0.394 e. The van der Waals surface area contributed by atoms with Gasteiger partial charge in [0.2, 0.25) is 0 Å². The van der Waals surface area contributed by atoms with Crippen LogP contribution >= 0.6 is 11.8 Å². The van der Waals surface area contributed by atoms with Crippen molar-refractivity contribution in [2.75, 3.05) is 25.7 Å². The Kier molecular flexibility index (Phi) is 7.20. The van der Waals surface area contributed by atoms with E-state index in [0.29, 0.717) is 4.90 Å². The minimum Gasteiger partial charge on any atom is -0.394 e. The van der Waals surface area contributed by atoms with Gasteiger partial charge in [0, 0.05) is 16.7 Å². The van der Waals surface area contributed by atoms with E-state index < -0.39 is 9.84 Å². The molecule has 0 heterocycles. The van der Waals surface area contributed by atoms with Gasteiger partial charge in [0.15, 0.2) is 9.84 Å². The van der Waals surface area contributed by atoms with E-state index in [4.69, 9.17) is 0 Å². The van der Waals surface area contributed by atoms with Crippen molar-refractivity contribution in [3.8, 4) is 0 Å². The minimum absolute atomic E-state index is 0.142. The standard InChI is InChI=1S/C15H25NO3S2/c1-15(12-17,16-2)10-4-5-11-20-13-6-8-14(9-7-13)21(3,18)19/h6-9,16-17H,4-5,10-12H2,1-3H3. The van der Waals surface area contributed by atoms with E-state index in [1.54, 1.807) is 23.9 Å². The lowest BCUT2D eigenvalue weighted by Crippen LogP contribution is -2.43. The predicted molar refractivity (Wildman–Crippen MR) is 88.7 cm³/mol. The van der Waals surface area contributed by atoms with Gasteiger partial charge in [-0.1, -0.05) is 6.42 Å². The molecule has 0 aliphatic rings. The number of likely N-dealkylation sites (N-methyl/N-ethyl adjacent to an activating group) is 1. The molecule has 1 rings (SSSR count). The first-order chi connectivity index (χ1) is 9.80. The van der Waals surface area contributed by atoms with Crippen molar-refractivity contribution in [1.82, 2.24) is 5.32 Å². The summed E-state index contributed by atoms with van der Waals surface area (Å²) in [5, 5.41) is 12.4. The molecule has 0 amide bonds. The molecule has 0 aliphatic heterocycles. The number of benzene rings is 1. The quantitative estimate of drug-likeness (QED) is 0.537. The number of rotatable bonds is 9. The van der Waals surface area contributed by atoms with Crippen LogP contribution in [0.4, 0.5) is 0 Å². The van der Waals surface area contributed by atoms with Crippen LogP contribution in [0.15, 0.2) is 34.1 Å². The fraction of sp³-hybridized carbons (Fsp3) is 0.600. The average molecular weight is 332 g/mol. The van der Waals surface area contributed by atoms with Crippen LogP contribution in [0, 0.1) is 0 Å². The summed E-state index contributed by atoms with van der Waals surface area (Å²) in [5.74, 6) is 0.990. The first kappa shape index (κ1) is 18.5. The zero-order chi connectivity index (χ0) is 15.9. The number of sulfone groups is 1. The summed E-state index contributed by atoms with van der Waals surface area (Å²) in [6.45, 7) is 2.16. The second-order valence-electron chi connectivity index (χ2n) is 5.52. The minimum atomic E-state index is -3.11. The monoisotopic (exact) mass is 331 g/mol. The van der Waals surface area contributed by atoms with Gasteiger partial charge in [0.05, 0.1) is 11.5 Å². The van der Waals surface area contributed by atoms with Crippen LogP contribution in [-0.4, -0.2) is 44.7 Å². The molecular weight excluding hydrogens is 306 g/mol. The van der Waals surface area contributed by atoms with Crippen molar-refractivity contribution in [3.05, 3.63) is 24.3 Å². The smallest absolute Gasteiger partial charge is 0.175 e. The van der Waals surface area contributed by atoms with Crippen molar-refractivity contribution in [1.29, 1.82) is 0 Å². The summed E-state index contributed by atoms with van der Waals surface area (Å²) in [5.41, 5.74) is -0.193. The van der Waals surface area contributed by atoms with E-state index in [-0.39, 0.29) is 12.1 Å². The molecule has 0 saturated heterocycles. The first-order valence-electron chi connectivity index (χ1n) is 7.03. The van der Waals surface area contributed by atoms with Crippen molar-refractivity contribution in [3.63, 3.8) is 0 Å². The molecule has 0 saturated carbocycles. The number of thioether (sulfide) groups is 1. The third-order valence-corrected chi connectivity index (χ3v) is 5.82. The Hall–Kier alpha value is -0.560. The topological polar surface area (TPSA) is 66.4 Å². The molecule has 1 atom stereocenters. The molecule has 0 aromatic heterocycles. The van der Waals surface area contributed by atoms with Crippen molar-refractivity contribution >= 4 is 21.6 Å². The molecule has 21 heavy (non-hydrogen) atoms. The van der Waals surface area contributed by atoms with Gasteiger partial charge < -0.3 is 10.4 Å². The van der Waals surface area contributed by atoms with Crippen LogP contribution in [0.5, 0.6) is 0 Å². The number of hydrogen-bond donors (Lipinski definition) is 2. The number of aliphatic hydroxyl groups excluding tert-OH is 1. The number of aliphatic hydroxyl groups is 1. The fourth-order valence-electron chi connectivity index (χ4n) is 1.87. The highest BCUT2D eigenvalue weighted by Crippen LogP contribution is 2.22. The summed E-state index contributed by atoms with van der Waals surface area (Å²) >= 11 is 1.73. The zero-order valence-corrected chi connectivity index (χ0v) is 14.6. The molecule has 0 aliphatic carbocycles. The van der Waals surface area contributed by atoms with Crippen LogP contribution in [0.1, 0.15) is 26.2 Å². The Morgan fingerprint density at radius 2 is 1.86 bits per heavy atom. The third kappa shape index (κ3) is 6.38. The van der Waals surface area contributed by atoms with Gasteiger partial charge in [0.25, 0.3) is 0 Å². The fourth-order valence-corrected chi connectivity index (χ4v) is 3.42. The maximum atomic E-state index is 11.4. The van der Waals surface area contributed by atoms with E-state index in [1.165, 1.54) is 6.26 Å². The molecule has 0 spiro atoms. The number of nitrogens with one attached hydrogen (secondary N) is 1. The third-order valence-electron chi connectivity index (χ3n) is 3.60. The van der Waals surface area contributed by atoms with Crippen molar-refractivity contribution in [2.45, 2.75) is 41.5 Å². The maximum Gasteiger partial charge on any atom is 0.175 e. The van der Waals surface area contributed by atoms with E-state index in [0.717, 1.165) is 29.9 Å². The highest BCUT2D eigenvalue weighted by atomic mass is 32.2. The molecule has 1 aromatic carbocycles. The molecule has 1 aromatic rings. The Morgan fingerprint density at radius 3 is 2.33 bits per heavy atom. The van der Waals surface area contributed by atoms with E-state index >= 15 is 0 Å². The SMILES string of the molecule is CNC(C)(CO)CCCCSc1ccc(S(C)(=O)=O)cc1. The van der Waals surface area contributed by atoms with Crippen LogP contribution in [0.25, 0.3) is 0 Å². The molecule has 0 fully saturated rings. The van der Waals surface area contributed by atoms with E-state index in [1.807, 2.05) is 26.1 Å². The van der Waals surface area contributed by atoms with Crippen LogP contribution < -0.4 is 5.32 Å². The van der Waals surface area contributed by atoms with Crippen molar-refractivity contribution < 1.29 is 13.5 Å². The molecule has 6 heteroatoms. The van der Waals surface area contributed by atoms with Crippen molar-refractivity contribution in [2.24, 2.45) is 0 Å². The summed E-state index contributed by atoms with van der Waals surface area (Å²) in [7, 11) is -1.24. The van der Waals surface area contributed by atoms with Gasteiger partial charge in [0.1, 0.15) is 0 Å². The number of hydrogen-bond acceptors (Lipinski definition) is 5. The van der Waals surface area contributed by atoms with Gasteiger partial charge in [-0.25, -0.2) is 8.42 Å². The highest BCUT2D eigenvalue weighted by Gasteiger charge is 2.19. The second kappa shape index (κ2) is 8.17. The highest BCUT2D eigenvalue weighted by molar-refractivity contribution is 7.99. The molecule has 0 bridgehead atoms. The Morgan fingerprint density at radius 1 is 1.24 bits per heavy atom. The summed E-state index contributed by atoms with van der Waals surface area (Å²) in [6.07, 6.45) is 4.27. The Balaban J connectivity index is 2.34. The normalized spacial score (nSPS) is 14.9. The summed E-state index contributed by atoms with van der Waals surface area (Å²) in [4.78, 5) is 1.44. The lowest BCUT2D eigenvalue weighted by atomic mass is 9.96. The zero-order valence-electron chi connectivity index (χ0n) is 12.9. The van der Waals surface area contributed by atoms with Gasteiger partial charge in [-0.2, -0.15) is 0 Å².